The number of morpholine rings is 1. The van der Waals surface area contributed by atoms with E-state index >= 15 is 0 Å². The van der Waals surface area contributed by atoms with E-state index in [4.69, 9.17) is 4.74 Å². The predicted octanol–water partition coefficient (Wildman–Crippen LogP) is 1.26. The van der Waals surface area contributed by atoms with Crippen molar-refractivity contribution in [3.8, 4) is 0 Å². The first-order valence-electron chi connectivity index (χ1n) is 4.55. The van der Waals surface area contributed by atoms with Crippen molar-refractivity contribution in [3.05, 3.63) is 0 Å². The van der Waals surface area contributed by atoms with Gasteiger partial charge in [-0.05, 0) is 33.2 Å². The van der Waals surface area contributed by atoms with Crippen molar-refractivity contribution >= 4 is 0 Å². The van der Waals surface area contributed by atoms with E-state index in [0.29, 0.717) is 0 Å². The zero-order chi connectivity index (χ0) is 7.90. The van der Waals surface area contributed by atoms with Crippen LogP contribution in [-0.4, -0.2) is 36.2 Å². The van der Waals surface area contributed by atoms with Crippen molar-refractivity contribution in [2.45, 2.75) is 38.3 Å². The van der Waals surface area contributed by atoms with Crippen LogP contribution in [0, 0.1) is 0 Å². The van der Waals surface area contributed by atoms with E-state index in [1.807, 2.05) is 0 Å². The Hall–Kier alpha value is -0.0800. The van der Waals surface area contributed by atoms with Crippen LogP contribution in [-0.2, 0) is 4.74 Å². The third-order valence-electron chi connectivity index (χ3n) is 2.75. The number of ether oxygens (including phenoxy) is 1. The van der Waals surface area contributed by atoms with Gasteiger partial charge in [0.1, 0.15) is 0 Å². The standard InChI is InChI=1S/C9H17NO/c1-9(2)7-10-5-3-4-8(10)6-11-9/h8H,3-7H2,1-2H3/t8-/m0/s1. The summed E-state index contributed by atoms with van der Waals surface area (Å²) in [7, 11) is 0. The Labute approximate surface area is 68.5 Å². The average molecular weight is 155 g/mol. The lowest BCUT2D eigenvalue weighted by atomic mass is 10.1. The molecule has 0 aromatic rings. The van der Waals surface area contributed by atoms with E-state index in [9.17, 15) is 0 Å². The van der Waals surface area contributed by atoms with Crippen molar-refractivity contribution in [1.29, 1.82) is 0 Å². The summed E-state index contributed by atoms with van der Waals surface area (Å²) < 4.78 is 5.74. The molecule has 0 unspecified atom stereocenters. The van der Waals surface area contributed by atoms with Gasteiger partial charge in [-0.25, -0.2) is 0 Å². The van der Waals surface area contributed by atoms with Crippen molar-refractivity contribution in [1.82, 2.24) is 4.90 Å². The van der Waals surface area contributed by atoms with E-state index in [-0.39, 0.29) is 5.60 Å². The fraction of sp³-hybridized carbons (Fsp3) is 1.00. The van der Waals surface area contributed by atoms with Gasteiger partial charge in [0.05, 0.1) is 12.2 Å². The summed E-state index contributed by atoms with van der Waals surface area (Å²) in [5, 5.41) is 0. The Morgan fingerprint density at radius 3 is 3.09 bits per heavy atom. The van der Waals surface area contributed by atoms with Gasteiger partial charge in [0.25, 0.3) is 0 Å². The van der Waals surface area contributed by atoms with Crippen molar-refractivity contribution in [2.24, 2.45) is 0 Å². The summed E-state index contributed by atoms with van der Waals surface area (Å²) in [4.78, 5) is 2.57. The first-order valence-corrected chi connectivity index (χ1v) is 4.55. The van der Waals surface area contributed by atoms with Gasteiger partial charge < -0.3 is 4.74 Å². The predicted molar refractivity (Wildman–Crippen MR) is 44.6 cm³/mol. The molecule has 2 aliphatic rings. The zero-order valence-electron chi connectivity index (χ0n) is 7.47. The van der Waals surface area contributed by atoms with Gasteiger partial charge in [-0.3, -0.25) is 4.90 Å². The van der Waals surface area contributed by atoms with E-state index in [1.54, 1.807) is 0 Å². The number of rotatable bonds is 0. The Morgan fingerprint density at radius 2 is 2.27 bits per heavy atom. The van der Waals surface area contributed by atoms with E-state index in [2.05, 4.69) is 18.7 Å². The van der Waals surface area contributed by atoms with Crippen LogP contribution in [0.25, 0.3) is 0 Å². The van der Waals surface area contributed by atoms with Crippen LogP contribution in [0.4, 0.5) is 0 Å². The van der Waals surface area contributed by atoms with Crippen molar-refractivity contribution in [3.63, 3.8) is 0 Å². The van der Waals surface area contributed by atoms with E-state index in [1.165, 1.54) is 19.4 Å². The van der Waals surface area contributed by atoms with Crippen LogP contribution in [0.15, 0.2) is 0 Å². The second-order valence-electron chi connectivity index (χ2n) is 4.34. The van der Waals surface area contributed by atoms with Crippen LogP contribution in [0.1, 0.15) is 26.7 Å². The molecule has 0 spiro atoms. The van der Waals surface area contributed by atoms with Gasteiger partial charge >= 0.3 is 0 Å². The van der Waals surface area contributed by atoms with Crippen LogP contribution in [0.3, 0.4) is 0 Å². The maximum atomic E-state index is 5.74. The van der Waals surface area contributed by atoms with E-state index in [0.717, 1.165) is 19.2 Å². The quantitative estimate of drug-likeness (QED) is 0.522. The van der Waals surface area contributed by atoms with Crippen LogP contribution in [0.2, 0.25) is 0 Å². The van der Waals surface area contributed by atoms with Gasteiger partial charge in [-0.1, -0.05) is 0 Å². The lowest BCUT2D eigenvalue weighted by molar-refractivity contribution is -0.102. The first kappa shape index (κ1) is 7.56. The highest BCUT2D eigenvalue weighted by molar-refractivity contribution is 4.88. The topological polar surface area (TPSA) is 12.5 Å². The van der Waals surface area contributed by atoms with Crippen molar-refractivity contribution < 1.29 is 4.74 Å². The maximum Gasteiger partial charge on any atom is 0.0753 e. The normalized spacial score (nSPS) is 37.1. The Bertz CT molecular complexity index is 156. The Morgan fingerprint density at radius 1 is 1.45 bits per heavy atom. The molecule has 2 rings (SSSR count). The summed E-state index contributed by atoms with van der Waals surface area (Å²) >= 11 is 0. The highest BCUT2D eigenvalue weighted by Gasteiger charge is 2.35. The van der Waals surface area contributed by atoms with Gasteiger partial charge in [-0.2, -0.15) is 0 Å². The van der Waals surface area contributed by atoms with Crippen LogP contribution < -0.4 is 0 Å². The third kappa shape index (κ3) is 1.42. The fourth-order valence-electron chi connectivity index (χ4n) is 2.15. The molecule has 2 fully saturated rings. The molecule has 64 valence electrons. The number of fused-ring (bicyclic) bond motifs is 1. The molecule has 2 aliphatic heterocycles. The number of hydrogen-bond acceptors (Lipinski definition) is 2. The molecule has 0 amide bonds. The molecule has 2 saturated heterocycles. The average Bonchev–Trinajstić information content (AvgIpc) is 2.31. The molecule has 0 aromatic heterocycles. The molecule has 0 aromatic carbocycles. The monoisotopic (exact) mass is 155 g/mol. The largest absolute Gasteiger partial charge is 0.373 e. The summed E-state index contributed by atoms with van der Waals surface area (Å²) in [5.74, 6) is 0. The number of hydrogen-bond donors (Lipinski definition) is 0. The van der Waals surface area contributed by atoms with E-state index < -0.39 is 0 Å². The zero-order valence-corrected chi connectivity index (χ0v) is 7.47. The first-order chi connectivity index (χ1) is 5.17. The molecule has 0 aliphatic carbocycles. The molecule has 0 radical (unpaired) electrons. The summed E-state index contributed by atoms with van der Waals surface area (Å²) in [6, 6.07) is 0.739. The molecule has 11 heavy (non-hydrogen) atoms. The minimum absolute atomic E-state index is 0.0981. The Kier molecular flexibility index (Phi) is 1.69. The van der Waals surface area contributed by atoms with Crippen LogP contribution in [0.5, 0.6) is 0 Å². The molecule has 0 bridgehead atoms. The maximum absolute atomic E-state index is 5.74. The second kappa shape index (κ2) is 2.46. The van der Waals surface area contributed by atoms with Gasteiger partial charge in [0, 0.05) is 12.6 Å². The SMILES string of the molecule is CC1(C)CN2CCC[C@H]2CO1. The van der Waals surface area contributed by atoms with Gasteiger partial charge in [-0.15, -0.1) is 0 Å². The molecule has 2 heterocycles. The van der Waals surface area contributed by atoms with Gasteiger partial charge in [0.2, 0.25) is 0 Å². The second-order valence-corrected chi connectivity index (χ2v) is 4.34. The molecular formula is C9H17NO. The number of nitrogens with zero attached hydrogens (tertiary/aromatic N) is 1. The summed E-state index contributed by atoms with van der Waals surface area (Å²) in [5.41, 5.74) is 0.0981. The molecule has 1 atom stereocenters. The molecular weight excluding hydrogens is 138 g/mol. The molecule has 2 heteroatoms. The lowest BCUT2D eigenvalue weighted by Gasteiger charge is -2.40. The minimum atomic E-state index is 0.0981. The highest BCUT2D eigenvalue weighted by atomic mass is 16.5. The smallest absolute Gasteiger partial charge is 0.0753 e. The third-order valence-corrected chi connectivity index (χ3v) is 2.75. The highest BCUT2D eigenvalue weighted by Crippen LogP contribution is 2.27. The minimum Gasteiger partial charge on any atom is -0.373 e. The summed E-state index contributed by atoms with van der Waals surface area (Å²) in [6.07, 6.45) is 2.71. The molecule has 0 N–H and O–H groups in total. The fourth-order valence-corrected chi connectivity index (χ4v) is 2.15. The van der Waals surface area contributed by atoms with Crippen LogP contribution >= 0.6 is 0 Å². The molecule has 2 nitrogen and oxygen atoms in total. The Balaban J connectivity index is 2.02. The molecule has 0 saturated carbocycles. The summed E-state index contributed by atoms with van der Waals surface area (Å²) in [6.45, 7) is 7.73. The lowest BCUT2D eigenvalue weighted by Crippen LogP contribution is -2.51. The van der Waals surface area contributed by atoms with Gasteiger partial charge in [0.15, 0.2) is 0 Å². The van der Waals surface area contributed by atoms with Crippen molar-refractivity contribution in [2.75, 3.05) is 19.7 Å².